The first-order chi connectivity index (χ1) is 3.84. The molecule has 0 saturated heterocycles. The SMILES string of the molecule is C=CC1N=COC1=O. The summed E-state index contributed by atoms with van der Waals surface area (Å²) in [6.45, 7) is 3.38. The summed E-state index contributed by atoms with van der Waals surface area (Å²) in [5.74, 6) is -0.347. The van der Waals surface area contributed by atoms with Gasteiger partial charge in [0.05, 0.1) is 0 Å². The summed E-state index contributed by atoms with van der Waals surface area (Å²) >= 11 is 0. The highest BCUT2D eigenvalue weighted by molar-refractivity contribution is 5.89. The van der Waals surface area contributed by atoms with Crippen LogP contribution in [0.5, 0.6) is 0 Å². The van der Waals surface area contributed by atoms with Gasteiger partial charge in [-0.1, -0.05) is 6.08 Å². The van der Waals surface area contributed by atoms with E-state index in [0.717, 1.165) is 6.40 Å². The molecule has 3 nitrogen and oxygen atoms in total. The average molecular weight is 111 g/mol. The lowest BCUT2D eigenvalue weighted by Gasteiger charge is -1.89. The van der Waals surface area contributed by atoms with Crippen LogP contribution in [0.2, 0.25) is 0 Å². The number of carbonyl (C=O) groups excluding carboxylic acids is 1. The van der Waals surface area contributed by atoms with E-state index in [2.05, 4.69) is 16.3 Å². The second kappa shape index (κ2) is 1.78. The first-order valence-corrected chi connectivity index (χ1v) is 2.19. The number of hydrogen-bond donors (Lipinski definition) is 0. The molecule has 1 aliphatic rings. The second-order valence-corrected chi connectivity index (χ2v) is 1.37. The molecular weight excluding hydrogens is 106 g/mol. The van der Waals surface area contributed by atoms with Crippen molar-refractivity contribution in [3.8, 4) is 0 Å². The van der Waals surface area contributed by atoms with Crippen LogP contribution in [-0.4, -0.2) is 18.4 Å². The smallest absolute Gasteiger partial charge is 0.341 e. The molecule has 0 aromatic carbocycles. The number of cyclic esters (lactones) is 1. The third-order valence-electron chi connectivity index (χ3n) is 0.855. The summed E-state index contributed by atoms with van der Waals surface area (Å²) in [6.07, 6.45) is 2.57. The topological polar surface area (TPSA) is 38.7 Å². The number of esters is 1. The third kappa shape index (κ3) is 0.621. The summed E-state index contributed by atoms with van der Waals surface area (Å²) in [4.78, 5) is 14.0. The van der Waals surface area contributed by atoms with E-state index < -0.39 is 6.04 Å². The van der Waals surface area contributed by atoms with E-state index in [1.165, 1.54) is 6.08 Å². The molecule has 0 saturated carbocycles. The van der Waals surface area contributed by atoms with Gasteiger partial charge in [-0.3, -0.25) is 0 Å². The summed E-state index contributed by atoms with van der Waals surface area (Å²) in [6, 6.07) is -0.463. The molecule has 0 N–H and O–H groups in total. The van der Waals surface area contributed by atoms with Crippen molar-refractivity contribution in [3.63, 3.8) is 0 Å². The minimum absolute atomic E-state index is 0.347. The summed E-state index contributed by atoms with van der Waals surface area (Å²) in [5, 5.41) is 0. The van der Waals surface area contributed by atoms with E-state index >= 15 is 0 Å². The van der Waals surface area contributed by atoms with Crippen molar-refractivity contribution in [3.05, 3.63) is 12.7 Å². The summed E-state index contributed by atoms with van der Waals surface area (Å²) in [7, 11) is 0. The quantitative estimate of drug-likeness (QED) is 0.356. The molecule has 0 spiro atoms. The Morgan fingerprint density at radius 2 is 2.75 bits per heavy atom. The average Bonchev–Trinajstić information content (AvgIpc) is 2.14. The second-order valence-electron chi connectivity index (χ2n) is 1.37. The van der Waals surface area contributed by atoms with Gasteiger partial charge in [0.25, 0.3) is 0 Å². The van der Waals surface area contributed by atoms with Crippen molar-refractivity contribution in [2.45, 2.75) is 6.04 Å². The lowest BCUT2D eigenvalue weighted by Crippen LogP contribution is -2.10. The Balaban J connectivity index is 2.66. The Morgan fingerprint density at radius 3 is 3.00 bits per heavy atom. The van der Waals surface area contributed by atoms with Crippen molar-refractivity contribution in [1.82, 2.24) is 0 Å². The number of ether oxygens (including phenoxy) is 1. The molecule has 0 aliphatic carbocycles. The van der Waals surface area contributed by atoms with Crippen LogP contribution in [0.3, 0.4) is 0 Å². The molecule has 1 heterocycles. The highest BCUT2D eigenvalue weighted by Crippen LogP contribution is 2.00. The maximum Gasteiger partial charge on any atom is 0.341 e. The molecule has 0 bridgehead atoms. The highest BCUT2D eigenvalue weighted by Gasteiger charge is 2.18. The van der Waals surface area contributed by atoms with Crippen LogP contribution in [0, 0.1) is 0 Å². The first-order valence-electron chi connectivity index (χ1n) is 2.19. The van der Waals surface area contributed by atoms with Gasteiger partial charge >= 0.3 is 5.97 Å². The fourth-order valence-corrected chi connectivity index (χ4v) is 0.436. The molecule has 1 aliphatic heterocycles. The van der Waals surface area contributed by atoms with Gasteiger partial charge in [0.15, 0.2) is 12.4 Å². The van der Waals surface area contributed by atoms with Gasteiger partial charge in [0.1, 0.15) is 0 Å². The number of hydrogen-bond acceptors (Lipinski definition) is 3. The van der Waals surface area contributed by atoms with E-state index in [0.29, 0.717) is 0 Å². The van der Waals surface area contributed by atoms with Crippen LogP contribution >= 0.6 is 0 Å². The minimum Gasteiger partial charge on any atom is -0.413 e. The normalized spacial score (nSPS) is 25.5. The van der Waals surface area contributed by atoms with Gasteiger partial charge in [-0.05, 0) is 0 Å². The third-order valence-corrected chi connectivity index (χ3v) is 0.855. The Kier molecular flexibility index (Phi) is 1.12. The van der Waals surface area contributed by atoms with E-state index in [1.807, 2.05) is 0 Å². The Morgan fingerprint density at radius 1 is 2.00 bits per heavy atom. The molecule has 1 rings (SSSR count). The van der Waals surface area contributed by atoms with Crippen LogP contribution < -0.4 is 0 Å². The first kappa shape index (κ1) is 5.03. The van der Waals surface area contributed by atoms with E-state index in [1.54, 1.807) is 0 Å². The molecule has 8 heavy (non-hydrogen) atoms. The van der Waals surface area contributed by atoms with Gasteiger partial charge in [0.2, 0.25) is 0 Å². The van der Waals surface area contributed by atoms with E-state index in [9.17, 15) is 4.79 Å². The summed E-state index contributed by atoms with van der Waals surface area (Å²) in [5.41, 5.74) is 0. The predicted octanol–water partition coefficient (Wildman–Crippen LogP) is 0.126. The van der Waals surface area contributed by atoms with E-state index in [4.69, 9.17) is 0 Å². The number of carbonyl (C=O) groups is 1. The zero-order valence-corrected chi connectivity index (χ0v) is 4.20. The van der Waals surface area contributed by atoms with Crippen LogP contribution in [0.4, 0.5) is 0 Å². The molecule has 0 aromatic rings. The van der Waals surface area contributed by atoms with Crippen molar-refractivity contribution < 1.29 is 9.53 Å². The Bertz CT molecular complexity index is 151. The van der Waals surface area contributed by atoms with Gasteiger partial charge < -0.3 is 4.74 Å². The van der Waals surface area contributed by atoms with Crippen molar-refractivity contribution in [1.29, 1.82) is 0 Å². The van der Waals surface area contributed by atoms with Crippen LogP contribution in [-0.2, 0) is 9.53 Å². The van der Waals surface area contributed by atoms with Gasteiger partial charge in [-0.2, -0.15) is 0 Å². The van der Waals surface area contributed by atoms with Crippen LogP contribution in [0.25, 0.3) is 0 Å². The lowest BCUT2D eigenvalue weighted by molar-refractivity contribution is -0.133. The Labute approximate surface area is 46.7 Å². The van der Waals surface area contributed by atoms with Gasteiger partial charge in [0, 0.05) is 0 Å². The van der Waals surface area contributed by atoms with Gasteiger partial charge in [-0.25, -0.2) is 9.79 Å². The molecule has 0 amide bonds. The number of rotatable bonds is 1. The maximum absolute atomic E-state index is 10.4. The molecule has 1 unspecified atom stereocenters. The number of nitrogens with zero attached hydrogens (tertiary/aromatic N) is 1. The highest BCUT2D eigenvalue weighted by atomic mass is 16.5. The monoisotopic (exact) mass is 111 g/mol. The largest absolute Gasteiger partial charge is 0.413 e. The zero-order valence-electron chi connectivity index (χ0n) is 4.20. The molecule has 0 radical (unpaired) electrons. The zero-order chi connectivity index (χ0) is 5.98. The molecule has 0 fully saturated rings. The molecule has 1 atom stereocenters. The molecule has 42 valence electrons. The molecule has 3 heteroatoms. The van der Waals surface area contributed by atoms with Crippen LogP contribution in [0.15, 0.2) is 17.6 Å². The predicted molar refractivity (Wildman–Crippen MR) is 28.6 cm³/mol. The lowest BCUT2D eigenvalue weighted by atomic mass is 10.3. The van der Waals surface area contributed by atoms with Crippen molar-refractivity contribution in [2.24, 2.45) is 4.99 Å². The van der Waals surface area contributed by atoms with Crippen LogP contribution in [0.1, 0.15) is 0 Å². The standard InChI is InChI=1S/C5H5NO2/c1-2-4-5(7)8-3-6-4/h2-4H,1H2. The number of aliphatic imine (C=N–C) groups is 1. The summed E-state index contributed by atoms with van der Waals surface area (Å²) < 4.78 is 4.35. The fraction of sp³-hybridized carbons (Fsp3) is 0.200. The van der Waals surface area contributed by atoms with Gasteiger partial charge in [-0.15, -0.1) is 6.58 Å². The Hall–Kier alpha value is -1.12. The van der Waals surface area contributed by atoms with E-state index in [-0.39, 0.29) is 5.97 Å². The molecular formula is C5H5NO2. The van der Waals surface area contributed by atoms with Crippen molar-refractivity contribution >= 4 is 12.4 Å². The minimum atomic E-state index is -0.463. The van der Waals surface area contributed by atoms with Crippen molar-refractivity contribution in [2.75, 3.05) is 0 Å². The molecule has 0 aromatic heterocycles. The fourth-order valence-electron chi connectivity index (χ4n) is 0.436. The maximum atomic E-state index is 10.4.